The van der Waals surface area contributed by atoms with Crippen LogP contribution in [0.2, 0.25) is 0 Å². The molecule has 28 heteroatoms. The van der Waals surface area contributed by atoms with Crippen molar-refractivity contribution >= 4 is 88.1 Å². The van der Waals surface area contributed by atoms with Crippen LogP contribution in [0.1, 0.15) is 157 Å². The number of nitrogens with zero attached hydrogens (tertiary/aromatic N) is 10. The lowest BCUT2D eigenvalue weighted by Gasteiger charge is -2.43. The van der Waals surface area contributed by atoms with Gasteiger partial charge in [-0.2, -0.15) is 4.98 Å². The summed E-state index contributed by atoms with van der Waals surface area (Å²) in [6, 6.07) is 15.9. The molecule has 28 nitrogen and oxygen atoms in total. The minimum atomic E-state index is -0.888. The summed E-state index contributed by atoms with van der Waals surface area (Å²) in [6.07, 6.45) is 15.6. The number of amides is 10. The van der Waals surface area contributed by atoms with Crippen LogP contribution < -0.4 is 41.1 Å². The number of imide groups is 2. The van der Waals surface area contributed by atoms with Crippen molar-refractivity contribution < 1.29 is 62.2 Å². The maximum atomic E-state index is 14.2. The highest BCUT2D eigenvalue weighted by molar-refractivity contribution is 6.13. The first kappa shape index (κ1) is 71.7. The van der Waals surface area contributed by atoms with Crippen LogP contribution in [-0.4, -0.2) is 176 Å². The van der Waals surface area contributed by atoms with Gasteiger partial charge in [-0.1, -0.05) is 81.4 Å². The van der Waals surface area contributed by atoms with Crippen molar-refractivity contribution in [2.45, 2.75) is 173 Å². The van der Waals surface area contributed by atoms with Gasteiger partial charge in [0.15, 0.2) is 5.82 Å². The molecule has 10 amide bonds. The Morgan fingerprint density at radius 2 is 1.63 bits per heavy atom. The minimum Gasteiger partial charge on any atom is -0.495 e. The molecule has 0 radical (unpaired) electrons. The van der Waals surface area contributed by atoms with Crippen molar-refractivity contribution in [2.75, 3.05) is 67.4 Å². The Labute approximate surface area is 586 Å². The van der Waals surface area contributed by atoms with Crippen LogP contribution in [0.25, 0.3) is 11.3 Å². The van der Waals surface area contributed by atoms with E-state index in [0.717, 1.165) is 47.5 Å². The monoisotopic (exact) mass is 1380 g/mol. The number of carbonyl (C=O) groups excluding carboxylic acids is 10. The van der Waals surface area contributed by atoms with Crippen LogP contribution in [0, 0.1) is 17.8 Å². The molecule has 2 unspecified atom stereocenters. The van der Waals surface area contributed by atoms with E-state index in [1.165, 1.54) is 17.1 Å². The van der Waals surface area contributed by atoms with Crippen molar-refractivity contribution in [2.24, 2.45) is 5.92 Å². The highest BCUT2D eigenvalue weighted by Gasteiger charge is 2.43. The van der Waals surface area contributed by atoms with Gasteiger partial charge >= 0.3 is 6.09 Å². The van der Waals surface area contributed by atoms with Gasteiger partial charge in [0.1, 0.15) is 41.9 Å². The van der Waals surface area contributed by atoms with Crippen LogP contribution in [0.5, 0.6) is 5.75 Å². The summed E-state index contributed by atoms with van der Waals surface area (Å²) in [5.74, 6) is 4.60. The third-order valence-electron chi connectivity index (χ3n) is 19.5. The second-order valence-electron chi connectivity index (χ2n) is 26.5. The first-order valence-electron chi connectivity index (χ1n) is 34.9. The number of methoxy groups -OCH3 is 1. The molecule has 2 aromatic heterocycles. The average Bonchev–Trinajstić information content (AvgIpc) is 1.64. The van der Waals surface area contributed by atoms with E-state index < -0.39 is 35.9 Å². The van der Waals surface area contributed by atoms with Gasteiger partial charge in [-0.05, 0) is 118 Å². The van der Waals surface area contributed by atoms with E-state index in [4.69, 9.17) is 19.2 Å². The van der Waals surface area contributed by atoms with Crippen LogP contribution in [0.4, 0.5) is 33.6 Å². The SMILES string of the molecule is CC[C@@H]1C(=O)N(C)c2cnc(Nc3ccc(-c4cn([C@H]5CC[C@@H](N(CCOCCC#Cc6cccc7c6CN(C6CCC(=O)NC6=O)C7=O)C(=O)OCc6ccc(NC(=O)CNC(=O)C(NC(=O)CCCCCN7C(=O)C=CC7=O)C(C)C)cc6)CC5)nn4)cc3OC)nc2N1C1CCCC1. The van der Waals surface area contributed by atoms with Crippen molar-refractivity contribution in [1.29, 1.82) is 0 Å². The number of ether oxygens (including phenoxy) is 3. The standard InChI is InChI=1S/C73H87N15O13/c1-6-57-71(97)83(4)59-40-75-72(80-67(59)88(57)52-17-9-10-18-52)77-55-30-23-48(39-60(55)99-5)56-43-87(82-81-56)51-28-26-50(27-29-51)84(36-38-100-37-13-11-15-47-16-14-19-53-54(47)42-86(70(53)96)58-31-32-62(90)79-68(58)94)73(98)101-44-46-21-24-49(25-22-46)76-63(91)41-74-69(95)66(45(2)3)78-61(89)20-8-7-12-35-85-64(92)33-34-65(85)93/h14,16,19,21-25,30,33-34,39-40,43,45,50-52,57-58,66H,6-10,12-13,17-18,20,26-29,31-32,35-38,41-42,44H2,1-5H3,(H,74,95)(H,76,91)(H,78,89)(H,75,77,80)(H,79,90,94)/t50-,51+,57-,58?,66?/m1/s1. The molecule has 2 saturated carbocycles. The van der Waals surface area contributed by atoms with Gasteiger partial charge in [0, 0.05) is 92.6 Å². The number of unbranched alkanes of at least 4 members (excludes halogenated alkanes) is 2. The summed E-state index contributed by atoms with van der Waals surface area (Å²) in [5, 5.41) is 23.0. The molecule has 3 atom stereocenters. The number of rotatable bonds is 28. The lowest BCUT2D eigenvalue weighted by atomic mass is 9.90. The minimum absolute atomic E-state index is 0.0134. The van der Waals surface area contributed by atoms with E-state index in [1.54, 1.807) is 80.4 Å². The van der Waals surface area contributed by atoms with Gasteiger partial charge < -0.3 is 55.1 Å². The van der Waals surface area contributed by atoms with Gasteiger partial charge in [0.05, 0.1) is 51.0 Å². The van der Waals surface area contributed by atoms with E-state index in [-0.39, 0.29) is 131 Å². The first-order chi connectivity index (χ1) is 48.8. The molecule has 0 bridgehead atoms. The molecule has 3 aromatic carbocycles. The molecule has 4 aliphatic heterocycles. The number of hydrogen-bond acceptors (Lipinski definition) is 19. The number of benzene rings is 3. The van der Waals surface area contributed by atoms with E-state index in [0.29, 0.717) is 109 Å². The third-order valence-corrected chi connectivity index (χ3v) is 19.5. The van der Waals surface area contributed by atoms with Gasteiger partial charge in [0.2, 0.25) is 41.4 Å². The Kier molecular flexibility index (Phi) is 23.5. The summed E-state index contributed by atoms with van der Waals surface area (Å²) < 4.78 is 19.8. The fourth-order valence-corrected chi connectivity index (χ4v) is 14.0. The van der Waals surface area contributed by atoms with Crippen molar-refractivity contribution in [3.8, 4) is 28.8 Å². The van der Waals surface area contributed by atoms with Gasteiger partial charge in [0.25, 0.3) is 17.7 Å². The number of fused-ring (bicyclic) bond motifs is 2. The number of hydrogen-bond donors (Lipinski definition) is 5. The Bertz CT molecular complexity index is 4020. The number of anilines is 5. The fourth-order valence-electron chi connectivity index (χ4n) is 14.0. The highest BCUT2D eigenvalue weighted by atomic mass is 16.6. The van der Waals surface area contributed by atoms with E-state index in [1.807, 2.05) is 42.1 Å². The summed E-state index contributed by atoms with van der Waals surface area (Å²) in [5.41, 5.74) is 5.72. The predicted octanol–water partition coefficient (Wildman–Crippen LogP) is 7.01. The highest BCUT2D eigenvalue weighted by Crippen LogP contribution is 2.41. The van der Waals surface area contributed by atoms with Crippen molar-refractivity contribution in [3.63, 3.8) is 0 Å². The molecule has 5 aromatic rings. The molecule has 2 aliphatic carbocycles. The van der Waals surface area contributed by atoms with Crippen LogP contribution in [0.15, 0.2) is 85.2 Å². The summed E-state index contributed by atoms with van der Waals surface area (Å²) in [7, 11) is 3.37. The summed E-state index contributed by atoms with van der Waals surface area (Å²) in [6.45, 7) is 6.31. The Hall–Kier alpha value is -10.6. The fraction of sp³-hybridized carbons (Fsp3) is 0.479. The molecular formula is C73H87N15O13. The number of nitrogens with one attached hydrogen (secondary N) is 5. The second kappa shape index (κ2) is 33.1. The van der Waals surface area contributed by atoms with Gasteiger partial charge in [-0.3, -0.25) is 53.4 Å². The zero-order chi connectivity index (χ0) is 71.3. The Balaban J connectivity index is 0.683. The van der Waals surface area contributed by atoms with Crippen LogP contribution in [-0.2, 0) is 61.0 Å². The number of likely N-dealkylation sites (N-methyl/N-ethyl adjacent to an activating group) is 1. The van der Waals surface area contributed by atoms with Crippen LogP contribution >= 0.6 is 0 Å². The number of aromatic nitrogens is 5. The molecule has 6 aliphatic rings. The molecule has 3 fully saturated rings. The maximum absolute atomic E-state index is 14.2. The van der Waals surface area contributed by atoms with Crippen molar-refractivity contribution in [3.05, 3.63) is 107 Å². The Morgan fingerprint density at radius 3 is 2.37 bits per heavy atom. The summed E-state index contributed by atoms with van der Waals surface area (Å²) in [4.78, 5) is 146. The molecular weight excluding hydrogens is 1290 g/mol. The zero-order valence-corrected chi connectivity index (χ0v) is 57.7. The quantitative estimate of drug-likeness (QED) is 0.0191. The topological polar surface area (TPSA) is 331 Å². The molecule has 0 spiro atoms. The largest absolute Gasteiger partial charge is 0.495 e. The lowest BCUT2D eigenvalue weighted by molar-refractivity contribution is -0.138. The zero-order valence-electron chi connectivity index (χ0n) is 57.7. The van der Waals surface area contributed by atoms with E-state index >= 15 is 0 Å². The molecule has 6 heterocycles. The molecule has 11 rings (SSSR count). The van der Waals surface area contributed by atoms with Gasteiger partial charge in [-0.15, -0.1) is 5.10 Å². The van der Waals surface area contributed by atoms with Crippen molar-refractivity contribution in [1.82, 2.24) is 55.6 Å². The average molecular weight is 1380 g/mol. The molecule has 1 saturated heterocycles. The molecule has 532 valence electrons. The van der Waals surface area contributed by atoms with E-state index in [9.17, 15) is 47.9 Å². The number of piperidine rings is 1. The molecule has 5 N–H and O–H groups in total. The second-order valence-corrected chi connectivity index (χ2v) is 26.5. The number of carbonyl (C=O) groups is 10. The predicted molar refractivity (Wildman–Crippen MR) is 372 cm³/mol. The van der Waals surface area contributed by atoms with Crippen LogP contribution in [0.3, 0.4) is 0 Å². The third kappa shape index (κ3) is 17.2. The summed E-state index contributed by atoms with van der Waals surface area (Å²) >= 11 is 0. The maximum Gasteiger partial charge on any atom is 0.410 e. The van der Waals surface area contributed by atoms with E-state index in [2.05, 4.69) is 58.6 Å². The van der Waals surface area contributed by atoms with Gasteiger partial charge in [-0.25, -0.2) is 14.5 Å². The normalized spacial score (nSPS) is 19.2. The lowest BCUT2D eigenvalue weighted by Crippen LogP contribution is -2.55. The first-order valence-corrected chi connectivity index (χ1v) is 34.9. The smallest absolute Gasteiger partial charge is 0.410 e. The Morgan fingerprint density at radius 1 is 0.861 bits per heavy atom. The molecule has 101 heavy (non-hydrogen) atoms.